The molecule has 0 bridgehead atoms. The van der Waals surface area contributed by atoms with E-state index < -0.39 is 11.9 Å². The van der Waals surface area contributed by atoms with E-state index in [-0.39, 0.29) is 11.4 Å². The standard InChI is InChI=1S/C18H23ClN2O3/c19-15-5-3-4-14(10-15)18(7-1-2-8-18)12-20-17(24)21-9-6-13(11-21)16(22)23/h3-5,10,13H,1-2,6-9,11-12H2,(H,20,24)(H,22,23). The van der Waals surface area contributed by atoms with Crippen LogP contribution in [0.1, 0.15) is 37.7 Å². The molecule has 0 radical (unpaired) electrons. The third kappa shape index (κ3) is 3.51. The molecule has 0 aromatic heterocycles. The number of amides is 2. The Kier molecular flexibility index (Phi) is 4.99. The molecule has 1 saturated heterocycles. The summed E-state index contributed by atoms with van der Waals surface area (Å²) in [7, 11) is 0. The number of hydrogen-bond acceptors (Lipinski definition) is 2. The zero-order valence-corrected chi connectivity index (χ0v) is 14.4. The van der Waals surface area contributed by atoms with Crippen LogP contribution in [-0.2, 0) is 10.2 Å². The highest BCUT2D eigenvalue weighted by Crippen LogP contribution is 2.41. The Morgan fingerprint density at radius 3 is 2.71 bits per heavy atom. The zero-order valence-electron chi connectivity index (χ0n) is 13.6. The fourth-order valence-electron chi connectivity index (χ4n) is 3.94. The molecule has 2 fully saturated rings. The molecule has 2 amide bonds. The number of carboxylic acid groups (broad SMARTS) is 1. The Labute approximate surface area is 147 Å². The number of carboxylic acids is 1. The molecule has 1 saturated carbocycles. The number of aliphatic carboxylic acids is 1. The van der Waals surface area contributed by atoms with Crippen molar-refractivity contribution >= 4 is 23.6 Å². The highest BCUT2D eigenvalue weighted by molar-refractivity contribution is 6.30. The minimum Gasteiger partial charge on any atom is -0.481 e. The normalized spacial score (nSPS) is 22.5. The van der Waals surface area contributed by atoms with Gasteiger partial charge in [-0.3, -0.25) is 4.79 Å². The van der Waals surface area contributed by atoms with Gasteiger partial charge in [-0.25, -0.2) is 4.79 Å². The van der Waals surface area contributed by atoms with Crippen molar-refractivity contribution in [3.05, 3.63) is 34.9 Å². The third-order valence-corrected chi connectivity index (χ3v) is 5.64. The van der Waals surface area contributed by atoms with Gasteiger partial charge in [0.2, 0.25) is 0 Å². The Morgan fingerprint density at radius 2 is 2.08 bits per heavy atom. The first kappa shape index (κ1) is 17.1. The second kappa shape index (κ2) is 7.01. The molecular weight excluding hydrogens is 328 g/mol. The van der Waals surface area contributed by atoms with Gasteiger partial charge in [0.15, 0.2) is 0 Å². The molecule has 24 heavy (non-hydrogen) atoms. The lowest BCUT2D eigenvalue weighted by molar-refractivity contribution is -0.141. The number of hydrogen-bond donors (Lipinski definition) is 2. The molecule has 1 aliphatic heterocycles. The van der Waals surface area contributed by atoms with Crippen LogP contribution in [-0.4, -0.2) is 41.6 Å². The van der Waals surface area contributed by atoms with E-state index in [1.54, 1.807) is 4.90 Å². The van der Waals surface area contributed by atoms with E-state index in [1.807, 2.05) is 18.2 Å². The van der Waals surface area contributed by atoms with Gasteiger partial charge < -0.3 is 15.3 Å². The van der Waals surface area contributed by atoms with Gasteiger partial charge in [0, 0.05) is 30.1 Å². The summed E-state index contributed by atoms with van der Waals surface area (Å²) in [5.41, 5.74) is 1.12. The highest BCUT2D eigenvalue weighted by atomic mass is 35.5. The molecular formula is C18H23ClN2O3. The van der Waals surface area contributed by atoms with E-state index in [0.29, 0.717) is 31.1 Å². The highest BCUT2D eigenvalue weighted by Gasteiger charge is 2.37. The molecule has 2 aliphatic rings. The van der Waals surface area contributed by atoms with Crippen LogP contribution in [0, 0.1) is 5.92 Å². The van der Waals surface area contributed by atoms with Gasteiger partial charge in [0.25, 0.3) is 0 Å². The third-order valence-electron chi connectivity index (χ3n) is 5.40. The van der Waals surface area contributed by atoms with E-state index in [2.05, 4.69) is 11.4 Å². The lowest BCUT2D eigenvalue weighted by atomic mass is 9.79. The average Bonchev–Trinajstić information content (AvgIpc) is 3.23. The van der Waals surface area contributed by atoms with Gasteiger partial charge in [-0.15, -0.1) is 0 Å². The summed E-state index contributed by atoms with van der Waals surface area (Å²) >= 11 is 6.15. The Balaban J connectivity index is 1.65. The Morgan fingerprint density at radius 1 is 1.33 bits per heavy atom. The van der Waals surface area contributed by atoms with Crippen LogP contribution in [0.2, 0.25) is 5.02 Å². The number of rotatable bonds is 4. The molecule has 5 nitrogen and oxygen atoms in total. The van der Waals surface area contributed by atoms with E-state index in [1.165, 1.54) is 5.56 Å². The predicted molar refractivity (Wildman–Crippen MR) is 92.3 cm³/mol. The molecule has 1 atom stereocenters. The van der Waals surface area contributed by atoms with Crippen molar-refractivity contribution in [2.75, 3.05) is 19.6 Å². The molecule has 0 spiro atoms. The maximum Gasteiger partial charge on any atom is 0.317 e. The van der Waals surface area contributed by atoms with E-state index in [4.69, 9.17) is 16.7 Å². The largest absolute Gasteiger partial charge is 0.481 e. The van der Waals surface area contributed by atoms with Gasteiger partial charge in [-0.2, -0.15) is 0 Å². The predicted octanol–water partition coefficient (Wildman–Crippen LogP) is 3.27. The number of nitrogens with zero attached hydrogens (tertiary/aromatic N) is 1. The van der Waals surface area contributed by atoms with Crippen molar-refractivity contribution in [1.29, 1.82) is 0 Å². The topological polar surface area (TPSA) is 69.6 Å². The molecule has 1 heterocycles. The number of urea groups is 1. The summed E-state index contributed by atoms with van der Waals surface area (Å²) in [6.45, 7) is 1.37. The van der Waals surface area contributed by atoms with E-state index in [9.17, 15) is 9.59 Å². The second-order valence-electron chi connectivity index (χ2n) is 6.93. The summed E-state index contributed by atoms with van der Waals surface area (Å²) in [5.74, 6) is -1.26. The van der Waals surface area contributed by atoms with Crippen LogP contribution in [0.5, 0.6) is 0 Å². The van der Waals surface area contributed by atoms with E-state index >= 15 is 0 Å². The molecule has 1 aromatic carbocycles. The fourth-order valence-corrected chi connectivity index (χ4v) is 4.13. The number of carbonyl (C=O) groups excluding carboxylic acids is 1. The number of carbonyl (C=O) groups is 2. The van der Waals surface area contributed by atoms with Crippen molar-refractivity contribution in [2.24, 2.45) is 5.92 Å². The minimum atomic E-state index is -0.823. The van der Waals surface area contributed by atoms with Crippen LogP contribution in [0.3, 0.4) is 0 Å². The van der Waals surface area contributed by atoms with Crippen LogP contribution < -0.4 is 5.32 Å². The van der Waals surface area contributed by atoms with Crippen LogP contribution >= 0.6 is 11.6 Å². The number of likely N-dealkylation sites (tertiary alicyclic amines) is 1. The van der Waals surface area contributed by atoms with Crippen molar-refractivity contribution in [2.45, 2.75) is 37.5 Å². The number of halogens is 1. The maximum atomic E-state index is 12.4. The molecule has 1 aliphatic carbocycles. The minimum absolute atomic E-state index is 0.0630. The smallest absolute Gasteiger partial charge is 0.317 e. The average molecular weight is 351 g/mol. The summed E-state index contributed by atoms with van der Waals surface area (Å²) in [5, 5.41) is 12.8. The lowest BCUT2D eigenvalue weighted by Gasteiger charge is -2.31. The SMILES string of the molecule is O=C(O)C1CCN(C(=O)NCC2(c3cccc(Cl)c3)CCCC2)C1. The summed E-state index contributed by atoms with van der Waals surface area (Å²) in [6, 6.07) is 7.74. The van der Waals surface area contributed by atoms with Gasteiger partial charge in [-0.1, -0.05) is 36.6 Å². The maximum absolute atomic E-state index is 12.4. The van der Waals surface area contributed by atoms with Crippen molar-refractivity contribution in [3.63, 3.8) is 0 Å². The summed E-state index contributed by atoms with van der Waals surface area (Å²) < 4.78 is 0. The molecule has 2 N–H and O–H groups in total. The number of nitrogens with one attached hydrogen (secondary N) is 1. The molecule has 3 rings (SSSR count). The van der Waals surface area contributed by atoms with Crippen molar-refractivity contribution in [1.82, 2.24) is 10.2 Å². The molecule has 130 valence electrons. The molecule has 1 aromatic rings. The van der Waals surface area contributed by atoms with Gasteiger partial charge in [0.1, 0.15) is 0 Å². The lowest BCUT2D eigenvalue weighted by Crippen LogP contribution is -2.45. The monoisotopic (exact) mass is 350 g/mol. The quantitative estimate of drug-likeness (QED) is 0.875. The Hall–Kier alpha value is -1.75. The van der Waals surface area contributed by atoms with Crippen molar-refractivity contribution < 1.29 is 14.7 Å². The van der Waals surface area contributed by atoms with Gasteiger partial charge in [0.05, 0.1) is 5.92 Å². The molecule has 6 heteroatoms. The van der Waals surface area contributed by atoms with Gasteiger partial charge >= 0.3 is 12.0 Å². The zero-order chi connectivity index (χ0) is 17.2. The molecule has 1 unspecified atom stereocenters. The first-order valence-electron chi connectivity index (χ1n) is 8.52. The van der Waals surface area contributed by atoms with Crippen LogP contribution in [0.15, 0.2) is 24.3 Å². The van der Waals surface area contributed by atoms with E-state index in [0.717, 1.165) is 25.7 Å². The Bertz CT molecular complexity index is 628. The second-order valence-corrected chi connectivity index (χ2v) is 7.36. The van der Waals surface area contributed by atoms with Gasteiger partial charge in [-0.05, 0) is 37.0 Å². The first-order valence-corrected chi connectivity index (χ1v) is 8.90. The number of benzene rings is 1. The van der Waals surface area contributed by atoms with Crippen LogP contribution in [0.25, 0.3) is 0 Å². The summed E-state index contributed by atoms with van der Waals surface area (Å²) in [6.07, 6.45) is 4.89. The first-order chi connectivity index (χ1) is 11.5. The van der Waals surface area contributed by atoms with Crippen molar-refractivity contribution in [3.8, 4) is 0 Å². The fraction of sp³-hybridized carbons (Fsp3) is 0.556. The van der Waals surface area contributed by atoms with Crippen LogP contribution in [0.4, 0.5) is 4.79 Å². The summed E-state index contributed by atoms with van der Waals surface area (Å²) in [4.78, 5) is 25.1.